The van der Waals surface area contributed by atoms with Gasteiger partial charge in [-0.15, -0.1) is 0 Å². The van der Waals surface area contributed by atoms with E-state index in [-0.39, 0.29) is 18.1 Å². The summed E-state index contributed by atoms with van der Waals surface area (Å²) in [7, 11) is 0. The third-order valence-corrected chi connectivity index (χ3v) is 2.67. The van der Waals surface area contributed by atoms with Gasteiger partial charge in [0.15, 0.2) is 5.82 Å². The highest BCUT2D eigenvalue weighted by atomic mass is 35.5. The van der Waals surface area contributed by atoms with Gasteiger partial charge in [-0.25, -0.2) is 0 Å². The highest BCUT2D eigenvalue weighted by Gasteiger charge is 2.28. The predicted octanol–water partition coefficient (Wildman–Crippen LogP) is 3.47. The van der Waals surface area contributed by atoms with Crippen molar-refractivity contribution in [1.29, 1.82) is 0 Å². The van der Waals surface area contributed by atoms with E-state index < -0.39 is 12.6 Å². The number of aromatic nitrogens is 2. The summed E-state index contributed by atoms with van der Waals surface area (Å²) in [5, 5.41) is 3.77. The molecule has 1 heterocycles. The van der Waals surface area contributed by atoms with E-state index in [2.05, 4.69) is 10.1 Å². The Balaban J connectivity index is 2.22. The molecular weight excluding hydrogens is 283 g/mol. The molecule has 0 fully saturated rings. The van der Waals surface area contributed by atoms with E-state index in [1.807, 2.05) is 0 Å². The SMILES string of the molecule is Nc1cccc(Cl)c1-c1nc(CCC(F)(F)F)no1. The molecule has 0 radical (unpaired) electrons. The van der Waals surface area contributed by atoms with Crippen LogP contribution in [0.4, 0.5) is 18.9 Å². The van der Waals surface area contributed by atoms with Crippen LogP contribution >= 0.6 is 11.6 Å². The Morgan fingerprint density at radius 1 is 1.32 bits per heavy atom. The smallest absolute Gasteiger partial charge is 0.389 e. The van der Waals surface area contributed by atoms with Crippen molar-refractivity contribution in [3.63, 3.8) is 0 Å². The van der Waals surface area contributed by atoms with Crippen molar-refractivity contribution in [2.75, 3.05) is 5.73 Å². The molecule has 1 aromatic heterocycles. The normalized spacial score (nSPS) is 11.8. The molecule has 0 aliphatic rings. The van der Waals surface area contributed by atoms with Crippen molar-refractivity contribution >= 4 is 17.3 Å². The number of anilines is 1. The number of nitrogens with two attached hydrogens (primary N) is 1. The van der Waals surface area contributed by atoms with Gasteiger partial charge in [0, 0.05) is 12.1 Å². The standard InChI is InChI=1S/C11H9ClF3N3O/c12-6-2-1-3-7(16)9(6)10-17-8(18-19-10)4-5-11(13,14)15/h1-3H,4-5,16H2. The van der Waals surface area contributed by atoms with Crippen molar-refractivity contribution in [2.45, 2.75) is 19.0 Å². The zero-order valence-electron chi connectivity index (χ0n) is 9.54. The molecule has 2 rings (SSSR count). The summed E-state index contributed by atoms with van der Waals surface area (Å²) in [6.07, 6.45) is -5.62. The van der Waals surface area contributed by atoms with Crippen LogP contribution in [0.25, 0.3) is 11.5 Å². The number of hydrogen-bond acceptors (Lipinski definition) is 4. The molecule has 0 unspecified atom stereocenters. The molecule has 0 aliphatic heterocycles. The van der Waals surface area contributed by atoms with E-state index in [1.165, 1.54) is 0 Å². The Labute approximate surface area is 111 Å². The van der Waals surface area contributed by atoms with Crippen LogP contribution in [0, 0.1) is 0 Å². The summed E-state index contributed by atoms with van der Waals surface area (Å²) < 4.78 is 41.1. The lowest BCUT2D eigenvalue weighted by Gasteiger charge is -2.02. The topological polar surface area (TPSA) is 64.9 Å². The molecule has 0 saturated heterocycles. The number of hydrogen-bond donors (Lipinski definition) is 1. The number of alkyl halides is 3. The summed E-state index contributed by atoms with van der Waals surface area (Å²) in [5.74, 6) is -0.0214. The molecule has 1 aromatic carbocycles. The maximum Gasteiger partial charge on any atom is 0.389 e. The van der Waals surface area contributed by atoms with Gasteiger partial charge >= 0.3 is 6.18 Å². The van der Waals surface area contributed by atoms with Crippen LogP contribution in [0.2, 0.25) is 5.02 Å². The molecular formula is C11H9ClF3N3O. The van der Waals surface area contributed by atoms with E-state index in [1.54, 1.807) is 18.2 Å². The van der Waals surface area contributed by atoms with Crippen molar-refractivity contribution in [1.82, 2.24) is 10.1 Å². The fourth-order valence-electron chi connectivity index (χ4n) is 1.48. The number of aryl methyl sites for hydroxylation is 1. The minimum atomic E-state index is -4.26. The first-order valence-electron chi connectivity index (χ1n) is 5.30. The van der Waals surface area contributed by atoms with Crippen LogP contribution < -0.4 is 5.73 Å². The van der Waals surface area contributed by atoms with Crippen LogP contribution in [0.3, 0.4) is 0 Å². The van der Waals surface area contributed by atoms with Gasteiger partial charge in [-0.3, -0.25) is 0 Å². The second kappa shape index (κ2) is 5.08. The Kier molecular flexibility index (Phi) is 3.66. The molecule has 4 nitrogen and oxygen atoms in total. The third-order valence-electron chi connectivity index (χ3n) is 2.36. The summed E-state index contributed by atoms with van der Waals surface area (Å²) in [5.41, 5.74) is 6.36. The lowest BCUT2D eigenvalue weighted by Crippen LogP contribution is -2.09. The summed E-state index contributed by atoms with van der Waals surface area (Å²) >= 11 is 5.94. The number of nitrogen functional groups attached to an aromatic ring is 1. The van der Waals surface area contributed by atoms with Gasteiger partial charge in [0.25, 0.3) is 5.89 Å². The van der Waals surface area contributed by atoms with Gasteiger partial charge in [-0.05, 0) is 12.1 Å². The van der Waals surface area contributed by atoms with E-state index in [9.17, 15) is 13.2 Å². The average Bonchev–Trinajstić information content (AvgIpc) is 2.74. The second-order valence-electron chi connectivity index (χ2n) is 3.83. The van der Waals surface area contributed by atoms with Crippen LogP contribution in [0.1, 0.15) is 12.2 Å². The lowest BCUT2D eigenvalue weighted by atomic mass is 10.2. The summed E-state index contributed by atoms with van der Waals surface area (Å²) in [6.45, 7) is 0. The lowest BCUT2D eigenvalue weighted by molar-refractivity contribution is -0.134. The number of halogens is 4. The molecule has 19 heavy (non-hydrogen) atoms. The fraction of sp³-hybridized carbons (Fsp3) is 0.273. The van der Waals surface area contributed by atoms with Gasteiger partial charge in [-0.2, -0.15) is 18.2 Å². The molecule has 0 atom stereocenters. The molecule has 0 amide bonds. The van der Waals surface area contributed by atoms with Crippen molar-refractivity contribution < 1.29 is 17.7 Å². The Morgan fingerprint density at radius 3 is 2.68 bits per heavy atom. The average molecular weight is 292 g/mol. The highest BCUT2D eigenvalue weighted by Crippen LogP contribution is 2.32. The van der Waals surface area contributed by atoms with Crippen LogP contribution in [0.5, 0.6) is 0 Å². The van der Waals surface area contributed by atoms with Crippen LogP contribution in [-0.2, 0) is 6.42 Å². The number of benzene rings is 1. The Hall–Kier alpha value is -1.76. The largest absolute Gasteiger partial charge is 0.398 e. The number of rotatable bonds is 3. The molecule has 0 bridgehead atoms. The maximum absolute atomic E-state index is 12.1. The highest BCUT2D eigenvalue weighted by molar-refractivity contribution is 6.33. The van der Waals surface area contributed by atoms with E-state index in [0.29, 0.717) is 16.3 Å². The predicted molar refractivity (Wildman–Crippen MR) is 63.5 cm³/mol. The summed E-state index contributed by atoms with van der Waals surface area (Å²) in [6, 6.07) is 4.80. The van der Waals surface area contributed by atoms with Crippen LogP contribution in [-0.4, -0.2) is 16.3 Å². The van der Waals surface area contributed by atoms with Gasteiger partial charge in [-0.1, -0.05) is 22.8 Å². The minimum absolute atomic E-state index is 0.0141. The third kappa shape index (κ3) is 3.37. The molecule has 2 N–H and O–H groups in total. The molecule has 102 valence electrons. The molecule has 0 saturated carbocycles. The van der Waals surface area contributed by atoms with E-state index in [0.717, 1.165) is 0 Å². The Morgan fingerprint density at radius 2 is 2.05 bits per heavy atom. The number of nitrogens with zero attached hydrogens (tertiary/aromatic N) is 2. The van der Waals surface area contributed by atoms with Crippen molar-refractivity contribution in [3.05, 3.63) is 29.0 Å². The zero-order chi connectivity index (χ0) is 14.0. The van der Waals surface area contributed by atoms with E-state index >= 15 is 0 Å². The fourth-order valence-corrected chi connectivity index (χ4v) is 1.74. The van der Waals surface area contributed by atoms with Gasteiger partial charge in [0.05, 0.1) is 17.0 Å². The van der Waals surface area contributed by atoms with Crippen LogP contribution in [0.15, 0.2) is 22.7 Å². The first-order chi connectivity index (χ1) is 8.87. The zero-order valence-corrected chi connectivity index (χ0v) is 10.3. The first-order valence-corrected chi connectivity index (χ1v) is 5.68. The molecule has 2 aromatic rings. The second-order valence-corrected chi connectivity index (χ2v) is 4.24. The van der Waals surface area contributed by atoms with Crippen molar-refractivity contribution in [2.24, 2.45) is 0 Å². The molecule has 0 spiro atoms. The minimum Gasteiger partial charge on any atom is -0.398 e. The van der Waals surface area contributed by atoms with Gasteiger partial charge in [0.2, 0.25) is 0 Å². The maximum atomic E-state index is 12.1. The first kappa shape index (κ1) is 13.7. The van der Waals surface area contributed by atoms with Crippen molar-refractivity contribution in [3.8, 4) is 11.5 Å². The molecule has 8 heteroatoms. The summed E-state index contributed by atoms with van der Waals surface area (Å²) in [4.78, 5) is 3.86. The quantitative estimate of drug-likeness (QED) is 0.880. The molecule has 0 aliphatic carbocycles. The monoisotopic (exact) mass is 291 g/mol. The van der Waals surface area contributed by atoms with Gasteiger partial charge in [0.1, 0.15) is 0 Å². The van der Waals surface area contributed by atoms with Gasteiger partial charge < -0.3 is 10.3 Å². The Bertz CT molecular complexity index is 563. The van der Waals surface area contributed by atoms with E-state index in [4.69, 9.17) is 21.9 Å².